The second-order valence-corrected chi connectivity index (χ2v) is 11.7. The second-order valence-electron chi connectivity index (χ2n) is 10.8. The molecule has 0 aromatic carbocycles. The lowest BCUT2D eigenvalue weighted by atomic mass is 9.86. The van der Waals surface area contributed by atoms with Gasteiger partial charge in [0.15, 0.2) is 5.69 Å². The first-order valence-corrected chi connectivity index (χ1v) is 14.3. The average molecular weight is 539 g/mol. The molecule has 0 saturated carbocycles. The summed E-state index contributed by atoms with van der Waals surface area (Å²) in [6, 6.07) is -0.961. The lowest BCUT2D eigenvalue weighted by Gasteiger charge is -2.43. The minimum atomic E-state index is -0.942. The van der Waals surface area contributed by atoms with Gasteiger partial charge >= 0.3 is 5.97 Å². The zero-order chi connectivity index (χ0) is 27.9. The minimum absolute atomic E-state index is 0.0448. The lowest BCUT2D eigenvalue weighted by Crippen LogP contribution is -2.62. The summed E-state index contributed by atoms with van der Waals surface area (Å²) in [5.74, 6) is -0.808. The quantitative estimate of drug-likeness (QED) is 0.391. The van der Waals surface area contributed by atoms with Crippen molar-refractivity contribution in [3.63, 3.8) is 0 Å². The van der Waals surface area contributed by atoms with E-state index in [0.717, 1.165) is 32.2 Å². The molecule has 9 nitrogen and oxygen atoms in total. The van der Waals surface area contributed by atoms with E-state index in [1.807, 2.05) is 41.7 Å². The molecule has 2 amide bonds. The zero-order valence-corrected chi connectivity index (χ0v) is 24.6. The van der Waals surface area contributed by atoms with Gasteiger partial charge in [0.25, 0.3) is 0 Å². The Hall–Kier alpha value is -2.04. The highest BCUT2D eigenvalue weighted by atomic mass is 32.1. The van der Waals surface area contributed by atoms with Gasteiger partial charge < -0.3 is 20.1 Å². The van der Waals surface area contributed by atoms with E-state index in [2.05, 4.69) is 15.2 Å². The van der Waals surface area contributed by atoms with E-state index in [4.69, 9.17) is 4.74 Å². The third-order valence-electron chi connectivity index (χ3n) is 7.88. The van der Waals surface area contributed by atoms with Crippen LogP contribution in [0, 0.1) is 11.8 Å². The van der Waals surface area contributed by atoms with Crippen LogP contribution in [-0.4, -0.2) is 82.5 Å². The van der Waals surface area contributed by atoms with E-state index >= 15 is 0 Å². The highest BCUT2D eigenvalue weighted by Crippen LogP contribution is 2.29. The van der Waals surface area contributed by atoms with Crippen molar-refractivity contribution in [2.24, 2.45) is 11.8 Å². The Balaban J connectivity index is 2.19. The smallest absolute Gasteiger partial charge is 0.357 e. The van der Waals surface area contributed by atoms with E-state index in [9.17, 15) is 19.5 Å². The number of nitrogens with zero attached hydrogens (tertiary/aromatic N) is 3. The van der Waals surface area contributed by atoms with Gasteiger partial charge in [-0.1, -0.05) is 34.1 Å². The Labute approximate surface area is 226 Å². The normalized spacial score (nSPS) is 21.7. The van der Waals surface area contributed by atoms with Crippen LogP contribution in [0.15, 0.2) is 5.38 Å². The Morgan fingerprint density at radius 2 is 1.95 bits per heavy atom. The van der Waals surface area contributed by atoms with Gasteiger partial charge in [-0.2, -0.15) is 0 Å². The number of hydrogen-bond donors (Lipinski definition) is 2. The summed E-state index contributed by atoms with van der Waals surface area (Å²) in [6.45, 7) is 12.8. The third kappa shape index (κ3) is 7.51. The van der Waals surface area contributed by atoms with Crippen LogP contribution in [0.1, 0.15) is 95.2 Å². The van der Waals surface area contributed by atoms with Crippen LogP contribution in [-0.2, 0) is 14.3 Å². The molecule has 1 saturated heterocycles. The molecule has 4 unspecified atom stereocenters. The first-order valence-electron chi connectivity index (χ1n) is 13.5. The van der Waals surface area contributed by atoms with Crippen molar-refractivity contribution in [2.45, 2.75) is 97.4 Å². The number of nitrogens with one attached hydrogen (secondary N) is 1. The van der Waals surface area contributed by atoms with Gasteiger partial charge in [-0.3, -0.25) is 14.5 Å². The number of aliphatic hydroxyl groups is 1. The predicted octanol–water partition coefficient (Wildman–Crippen LogP) is 3.63. The van der Waals surface area contributed by atoms with Crippen LogP contribution in [0.3, 0.4) is 0 Å². The fourth-order valence-electron chi connectivity index (χ4n) is 4.85. The molecule has 37 heavy (non-hydrogen) atoms. The number of aromatic nitrogens is 1. The maximum absolute atomic E-state index is 13.8. The Kier molecular flexibility index (Phi) is 11.5. The van der Waals surface area contributed by atoms with Crippen molar-refractivity contribution in [2.75, 3.05) is 27.2 Å². The number of rotatable bonds is 12. The number of esters is 1. The molecule has 1 fully saturated rings. The van der Waals surface area contributed by atoms with E-state index < -0.39 is 23.7 Å². The molecule has 2 N–H and O–H groups in total. The number of aliphatic hydroxyl groups excluding tert-OH is 1. The van der Waals surface area contributed by atoms with Gasteiger partial charge in [0.2, 0.25) is 11.8 Å². The number of likely N-dealkylation sites (tertiary alicyclic amines) is 1. The summed E-state index contributed by atoms with van der Waals surface area (Å²) >= 11 is 1.20. The summed E-state index contributed by atoms with van der Waals surface area (Å²) in [5, 5.41) is 16.0. The number of piperidine rings is 1. The van der Waals surface area contributed by atoms with Gasteiger partial charge in [0.05, 0.1) is 12.1 Å². The lowest BCUT2D eigenvalue weighted by molar-refractivity contribution is -0.143. The summed E-state index contributed by atoms with van der Waals surface area (Å²) in [5.41, 5.74) is -0.468. The van der Waals surface area contributed by atoms with Gasteiger partial charge in [-0.05, 0) is 58.5 Å². The summed E-state index contributed by atoms with van der Waals surface area (Å²) < 4.78 is 4.99. The second kappa shape index (κ2) is 13.7. The molecule has 2 heterocycles. The van der Waals surface area contributed by atoms with Gasteiger partial charge in [-0.25, -0.2) is 9.78 Å². The number of thiazole rings is 1. The Morgan fingerprint density at radius 3 is 2.51 bits per heavy atom. The molecular formula is C27H46N4O5S. The van der Waals surface area contributed by atoms with E-state index in [0.29, 0.717) is 5.01 Å². The largest absolute Gasteiger partial charge is 0.461 e. The van der Waals surface area contributed by atoms with Gasteiger partial charge in [0.1, 0.15) is 17.2 Å². The molecule has 2 rings (SSSR count). The van der Waals surface area contributed by atoms with Crippen LogP contribution >= 0.6 is 11.3 Å². The highest BCUT2D eigenvalue weighted by molar-refractivity contribution is 7.09. The maximum Gasteiger partial charge on any atom is 0.357 e. The fraction of sp³-hybridized carbons (Fsp3) is 0.778. The number of ether oxygens (including phenoxy) is 1. The van der Waals surface area contributed by atoms with Gasteiger partial charge in [-0.15, -0.1) is 11.3 Å². The van der Waals surface area contributed by atoms with Crippen LogP contribution in [0.4, 0.5) is 0 Å². The predicted molar refractivity (Wildman–Crippen MR) is 145 cm³/mol. The van der Waals surface area contributed by atoms with Crippen LogP contribution < -0.4 is 5.32 Å². The Morgan fingerprint density at radius 1 is 1.27 bits per heavy atom. The molecule has 210 valence electrons. The summed E-state index contributed by atoms with van der Waals surface area (Å²) in [7, 11) is 3.70. The van der Waals surface area contributed by atoms with Crippen molar-refractivity contribution in [1.82, 2.24) is 20.1 Å². The molecule has 1 aliphatic heterocycles. The standard InChI is InChI=1S/C27H46N4O5S/c1-9-18(5)22(29-26(35)27(6)13-11-12-14-30(27)7)24(33)31(8)20(17(3)4)15-21(32)23-28-19(16-37-23)25(34)36-10-2/h16-18,20-22,32H,9-15H2,1-8H3,(H,29,35)/t18?,20?,21?,22?,27-/m0/s1. The number of hydrogen-bond acceptors (Lipinski definition) is 8. The third-order valence-corrected chi connectivity index (χ3v) is 8.82. The van der Waals surface area contributed by atoms with Crippen molar-refractivity contribution in [3.05, 3.63) is 16.1 Å². The maximum atomic E-state index is 13.8. The molecule has 0 aliphatic carbocycles. The van der Waals surface area contributed by atoms with E-state index in [1.165, 1.54) is 11.3 Å². The van der Waals surface area contributed by atoms with Gasteiger partial charge in [0, 0.05) is 24.9 Å². The van der Waals surface area contributed by atoms with Crippen LogP contribution in [0.2, 0.25) is 0 Å². The first-order chi connectivity index (χ1) is 17.4. The Bertz CT molecular complexity index is 922. The fourth-order valence-corrected chi connectivity index (χ4v) is 5.64. The molecule has 1 aliphatic rings. The number of carbonyl (C=O) groups is 3. The van der Waals surface area contributed by atoms with E-state index in [-0.39, 0.29) is 48.4 Å². The minimum Gasteiger partial charge on any atom is -0.461 e. The number of amides is 2. The number of carbonyl (C=O) groups excluding carboxylic acids is 3. The monoisotopic (exact) mass is 538 g/mol. The topological polar surface area (TPSA) is 112 Å². The summed E-state index contributed by atoms with van der Waals surface area (Å²) in [6.07, 6.45) is 2.86. The molecule has 1 aromatic rings. The van der Waals surface area contributed by atoms with Crippen LogP contribution in [0.5, 0.6) is 0 Å². The molecule has 10 heteroatoms. The molecular weight excluding hydrogens is 492 g/mol. The number of likely N-dealkylation sites (N-methyl/N-ethyl adjacent to an activating group) is 2. The highest BCUT2D eigenvalue weighted by Gasteiger charge is 2.42. The van der Waals surface area contributed by atoms with Crippen LogP contribution in [0.25, 0.3) is 0 Å². The molecule has 0 bridgehead atoms. The van der Waals surface area contributed by atoms with Crippen molar-refractivity contribution >= 4 is 29.1 Å². The van der Waals surface area contributed by atoms with Crippen molar-refractivity contribution in [3.8, 4) is 0 Å². The average Bonchev–Trinajstić information content (AvgIpc) is 3.36. The van der Waals surface area contributed by atoms with E-state index in [1.54, 1.807) is 24.3 Å². The molecule has 5 atom stereocenters. The first kappa shape index (κ1) is 31.2. The molecule has 0 radical (unpaired) electrons. The van der Waals surface area contributed by atoms with Crippen molar-refractivity contribution in [1.29, 1.82) is 0 Å². The molecule has 1 aromatic heterocycles. The molecule has 0 spiro atoms. The summed E-state index contributed by atoms with van der Waals surface area (Å²) in [4.78, 5) is 47.2. The van der Waals surface area contributed by atoms with Crippen molar-refractivity contribution < 1.29 is 24.2 Å². The SMILES string of the molecule is CCOC(=O)c1csc(C(O)CC(C(C)C)N(C)C(=O)C(NC(=O)[C@]2(C)CCCCN2C)C(C)CC)n1. The zero-order valence-electron chi connectivity index (χ0n) is 23.7.